The lowest BCUT2D eigenvalue weighted by molar-refractivity contribution is 0.565. The van der Waals surface area contributed by atoms with Crippen molar-refractivity contribution in [1.82, 2.24) is 5.32 Å². The summed E-state index contributed by atoms with van der Waals surface area (Å²) in [6.07, 6.45) is 2.13. The Labute approximate surface area is 99.0 Å². The lowest BCUT2D eigenvalue weighted by Crippen LogP contribution is -2.21. The van der Waals surface area contributed by atoms with Gasteiger partial charge in [-0.05, 0) is 44.5 Å². The Morgan fingerprint density at radius 1 is 1.50 bits per heavy atom. The van der Waals surface area contributed by atoms with Gasteiger partial charge in [0.15, 0.2) is 0 Å². The van der Waals surface area contributed by atoms with Gasteiger partial charge in [-0.25, -0.2) is 0 Å². The Morgan fingerprint density at radius 2 is 2.21 bits per heavy atom. The molecule has 1 nitrogen and oxygen atoms in total. The number of aryl methyl sites for hydroxylation is 1. The van der Waals surface area contributed by atoms with Crippen molar-refractivity contribution in [2.75, 3.05) is 7.05 Å². The number of rotatable bonds is 4. The Balaban J connectivity index is 2.59. The Hall–Kier alpha value is -0.0500. The maximum Gasteiger partial charge on any atom is 0.0449 e. The highest BCUT2D eigenvalue weighted by molar-refractivity contribution is 9.10. The second kappa shape index (κ2) is 5.74. The third kappa shape index (κ3) is 3.60. The molecule has 0 aliphatic rings. The van der Waals surface area contributed by atoms with Crippen LogP contribution >= 0.6 is 27.5 Å². The van der Waals surface area contributed by atoms with Gasteiger partial charge < -0.3 is 5.32 Å². The summed E-state index contributed by atoms with van der Waals surface area (Å²) in [5.74, 6) is 0. The molecule has 0 aliphatic heterocycles. The molecule has 0 spiro atoms. The first-order chi connectivity index (χ1) is 6.63. The molecule has 0 heterocycles. The summed E-state index contributed by atoms with van der Waals surface area (Å²) in [4.78, 5) is 0. The second-order valence-corrected chi connectivity index (χ2v) is 4.79. The van der Waals surface area contributed by atoms with Crippen LogP contribution in [0.3, 0.4) is 0 Å². The van der Waals surface area contributed by atoms with Crippen molar-refractivity contribution in [1.29, 1.82) is 0 Å². The van der Waals surface area contributed by atoms with Crippen LogP contribution in [-0.4, -0.2) is 13.1 Å². The van der Waals surface area contributed by atoms with E-state index in [1.165, 1.54) is 5.56 Å². The molecule has 1 unspecified atom stereocenters. The zero-order chi connectivity index (χ0) is 10.6. The topological polar surface area (TPSA) is 12.0 Å². The zero-order valence-electron chi connectivity index (χ0n) is 8.48. The largest absolute Gasteiger partial charge is 0.317 e. The predicted octanol–water partition coefficient (Wildman–Crippen LogP) is 3.64. The van der Waals surface area contributed by atoms with E-state index in [9.17, 15) is 0 Å². The summed E-state index contributed by atoms with van der Waals surface area (Å²) >= 11 is 9.50. The normalized spacial score (nSPS) is 12.9. The van der Waals surface area contributed by atoms with Gasteiger partial charge in [-0.3, -0.25) is 0 Å². The van der Waals surface area contributed by atoms with E-state index in [0.29, 0.717) is 6.04 Å². The Kier molecular flexibility index (Phi) is 4.93. The van der Waals surface area contributed by atoms with Gasteiger partial charge in [-0.2, -0.15) is 0 Å². The van der Waals surface area contributed by atoms with Crippen molar-refractivity contribution in [2.45, 2.75) is 25.8 Å². The van der Waals surface area contributed by atoms with Gasteiger partial charge in [0.1, 0.15) is 0 Å². The van der Waals surface area contributed by atoms with Crippen LogP contribution in [0.2, 0.25) is 5.02 Å². The summed E-state index contributed by atoms with van der Waals surface area (Å²) in [5, 5.41) is 4.06. The van der Waals surface area contributed by atoms with Crippen molar-refractivity contribution >= 4 is 27.5 Å². The van der Waals surface area contributed by atoms with Gasteiger partial charge in [0.25, 0.3) is 0 Å². The second-order valence-electron chi connectivity index (χ2n) is 3.46. The predicted molar refractivity (Wildman–Crippen MR) is 66.0 cm³/mol. The maximum absolute atomic E-state index is 6.11. The average Bonchev–Trinajstić information content (AvgIpc) is 2.16. The summed E-state index contributed by atoms with van der Waals surface area (Å²) < 4.78 is 1.04. The van der Waals surface area contributed by atoms with Crippen molar-refractivity contribution < 1.29 is 0 Å². The van der Waals surface area contributed by atoms with Crippen LogP contribution in [0.1, 0.15) is 18.9 Å². The van der Waals surface area contributed by atoms with E-state index in [1.54, 1.807) is 0 Å². The quantitative estimate of drug-likeness (QED) is 0.885. The number of hydrogen-bond donors (Lipinski definition) is 1. The highest BCUT2D eigenvalue weighted by Crippen LogP contribution is 2.22. The minimum atomic E-state index is 0.537. The standard InChI is InChI=1S/C11H15BrClN/c1-8(14-2)3-4-9-5-6-10(12)7-11(9)13/h5-8,14H,3-4H2,1-2H3. The maximum atomic E-state index is 6.11. The first-order valence-corrected chi connectivity index (χ1v) is 5.91. The highest BCUT2D eigenvalue weighted by atomic mass is 79.9. The molecule has 1 aromatic carbocycles. The first-order valence-electron chi connectivity index (χ1n) is 4.74. The number of halogens is 2. The average molecular weight is 277 g/mol. The molecule has 14 heavy (non-hydrogen) atoms. The molecule has 0 bridgehead atoms. The molecule has 1 rings (SSSR count). The van der Waals surface area contributed by atoms with E-state index in [0.717, 1.165) is 22.3 Å². The van der Waals surface area contributed by atoms with Crippen molar-refractivity contribution in [2.24, 2.45) is 0 Å². The third-order valence-corrected chi connectivity index (χ3v) is 3.20. The monoisotopic (exact) mass is 275 g/mol. The lowest BCUT2D eigenvalue weighted by Gasteiger charge is -2.10. The van der Waals surface area contributed by atoms with Crippen LogP contribution < -0.4 is 5.32 Å². The summed E-state index contributed by atoms with van der Waals surface area (Å²) in [7, 11) is 1.98. The fraction of sp³-hybridized carbons (Fsp3) is 0.455. The summed E-state index contributed by atoms with van der Waals surface area (Å²) in [6, 6.07) is 6.59. The zero-order valence-corrected chi connectivity index (χ0v) is 10.8. The van der Waals surface area contributed by atoms with Crippen molar-refractivity contribution in [3.63, 3.8) is 0 Å². The molecule has 1 atom stereocenters. The van der Waals surface area contributed by atoms with Gasteiger partial charge in [0.2, 0.25) is 0 Å². The smallest absolute Gasteiger partial charge is 0.0449 e. The van der Waals surface area contributed by atoms with Crippen LogP contribution in [0.25, 0.3) is 0 Å². The summed E-state index contributed by atoms with van der Waals surface area (Å²) in [6.45, 7) is 2.17. The molecule has 0 saturated heterocycles. The van der Waals surface area contributed by atoms with Crippen molar-refractivity contribution in [3.05, 3.63) is 33.3 Å². The van der Waals surface area contributed by atoms with Crippen LogP contribution in [0, 0.1) is 0 Å². The first kappa shape index (κ1) is 12.0. The van der Waals surface area contributed by atoms with Gasteiger partial charge >= 0.3 is 0 Å². The van der Waals surface area contributed by atoms with E-state index >= 15 is 0 Å². The van der Waals surface area contributed by atoms with Gasteiger partial charge in [0.05, 0.1) is 0 Å². The number of nitrogens with one attached hydrogen (secondary N) is 1. The molecule has 1 N–H and O–H groups in total. The van der Waals surface area contributed by atoms with Gasteiger partial charge in [-0.1, -0.05) is 33.6 Å². The molecule has 0 fully saturated rings. The third-order valence-electron chi connectivity index (χ3n) is 2.35. The Morgan fingerprint density at radius 3 is 2.79 bits per heavy atom. The fourth-order valence-corrected chi connectivity index (χ4v) is 2.01. The molecule has 0 radical (unpaired) electrons. The number of benzene rings is 1. The van der Waals surface area contributed by atoms with E-state index in [4.69, 9.17) is 11.6 Å². The van der Waals surface area contributed by atoms with Gasteiger partial charge in [0, 0.05) is 15.5 Å². The lowest BCUT2D eigenvalue weighted by atomic mass is 10.1. The van der Waals surface area contributed by atoms with Crippen LogP contribution in [0.4, 0.5) is 0 Å². The van der Waals surface area contributed by atoms with E-state index in [1.807, 2.05) is 19.2 Å². The molecule has 0 aromatic heterocycles. The SMILES string of the molecule is CNC(C)CCc1ccc(Br)cc1Cl. The van der Waals surface area contributed by atoms with Crippen molar-refractivity contribution in [3.8, 4) is 0 Å². The minimum absolute atomic E-state index is 0.537. The van der Waals surface area contributed by atoms with Gasteiger partial charge in [-0.15, -0.1) is 0 Å². The highest BCUT2D eigenvalue weighted by Gasteiger charge is 2.03. The molecule has 0 aliphatic carbocycles. The van der Waals surface area contributed by atoms with E-state index in [2.05, 4.69) is 34.2 Å². The molecule has 78 valence electrons. The molecule has 0 amide bonds. The van der Waals surface area contributed by atoms with Crippen LogP contribution in [0.15, 0.2) is 22.7 Å². The van der Waals surface area contributed by atoms with E-state index in [-0.39, 0.29) is 0 Å². The summed E-state index contributed by atoms with van der Waals surface area (Å²) in [5.41, 5.74) is 1.22. The molecule has 0 saturated carbocycles. The number of hydrogen-bond acceptors (Lipinski definition) is 1. The molecule has 1 aromatic rings. The molecular weight excluding hydrogens is 261 g/mol. The van der Waals surface area contributed by atoms with E-state index < -0.39 is 0 Å². The molecule has 3 heteroatoms. The van der Waals surface area contributed by atoms with Crippen LogP contribution in [-0.2, 0) is 6.42 Å². The van der Waals surface area contributed by atoms with Crippen LogP contribution in [0.5, 0.6) is 0 Å². The minimum Gasteiger partial charge on any atom is -0.317 e. The Bertz CT molecular complexity index is 301. The molecular formula is C11H15BrClN. The fourth-order valence-electron chi connectivity index (χ4n) is 1.24.